The maximum Gasteiger partial charge on any atom is 0.446 e. The van der Waals surface area contributed by atoms with Crippen LogP contribution in [-0.2, 0) is 9.53 Å². The van der Waals surface area contributed by atoms with Crippen LogP contribution in [0.3, 0.4) is 0 Å². The number of amides is 3. The van der Waals surface area contributed by atoms with E-state index in [0.29, 0.717) is 6.61 Å². The molecule has 3 heterocycles. The molecule has 1 atom stereocenters. The zero-order valence-corrected chi connectivity index (χ0v) is 18.7. The Morgan fingerprint density at radius 3 is 2.45 bits per heavy atom. The first-order valence-electron chi connectivity index (χ1n) is 10.6. The van der Waals surface area contributed by atoms with E-state index in [1.54, 1.807) is 25.4 Å². The lowest BCUT2D eigenvalue weighted by Crippen LogP contribution is -2.37. The van der Waals surface area contributed by atoms with Gasteiger partial charge in [0.15, 0.2) is 6.23 Å². The summed E-state index contributed by atoms with van der Waals surface area (Å²) in [6, 6.07) is 6.36. The van der Waals surface area contributed by atoms with Gasteiger partial charge in [-0.1, -0.05) is 0 Å². The average Bonchev–Trinajstić information content (AvgIpc) is 3.40. The molecule has 33 heavy (non-hydrogen) atoms. The van der Waals surface area contributed by atoms with Crippen molar-refractivity contribution >= 4 is 35.1 Å². The summed E-state index contributed by atoms with van der Waals surface area (Å²) in [5.74, 6) is -0.474. The first-order valence-corrected chi connectivity index (χ1v) is 11.4. The van der Waals surface area contributed by atoms with Crippen LogP contribution in [0, 0.1) is 0 Å². The van der Waals surface area contributed by atoms with Crippen LogP contribution >= 0.6 is 11.8 Å². The third-order valence-electron chi connectivity index (χ3n) is 5.47. The highest BCUT2D eigenvalue weighted by Gasteiger charge is 2.42. The highest BCUT2D eigenvalue weighted by atomic mass is 32.2. The molecule has 0 radical (unpaired) electrons. The number of pyridine rings is 1. The van der Waals surface area contributed by atoms with Crippen molar-refractivity contribution in [1.82, 2.24) is 9.88 Å². The summed E-state index contributed by atoms with van der Waals surface area (Å²) in [6.07, 6.45) is 4.69. The molecule has 0 aliphatic carbocycles. The molecule has 2 fully saturated rings. The van der Waals surface area contributed by atoms with Gasteiger partial charge in [-0.25, -0.2) is 9.69 Å². The number of rotatable bonds is 7. The van der Waals surface area contributed by atoms with Crippen molar-refractivity contribution in [3.63, 3.8) is 0 Å². The van der Waals surface area contributed by atoms with Crippen LogP contribution in [0.15, 0.2) is 47.6 Å². The van der Waals surface area contributed by atoms with Gasteiger partial charge in [0.2, 0.25) is 0 Å². The van der Waals surface area contributed by atoms with E-state index in [-0.39, 0.29) is 28.9 Å². The number of alkyl halides is 3. The van der Waals surface area contributed by atoms with Crippen LogP contribution in [0.1, 0.15) is 31.6 Å². The Bertz CT molecular complexity index is 1010. The number of hydrogen-bond acceptors (Lipinski definition) is 6. The molecule has 3 amide bonds. The molecule has 176 valence electrons. The van der Waals surface area contributed by atoms with Gasteiger partial charge in [-0.2, -0.15) is 13.2 Å². The van der Waals surface area contributed by atoms with E-state index in [0.717, 1.165) is 42.1 Å². The number of benzene rings is 1. The topological polar surface area (TPSA) is 66.0 Å². The van der Waals surface area contributed by atoms with Crippen LogP contribution in [0.2, 0.25) is 0 Å². The van der Waals surface area contributed by atoms with E-state index in [2.05, 4.69) is 9.88 Å². The number of nitrogens with zero attached hydrogens (tertiary/aromatic N) is 4. The molecular weight excluding hydrogens is 457 g/mol. The molecule has 1 aromatic heterocycles. The van der Waals surface area contributed by atoms with Gasteiger partial charge in [0.05, 0.1) is 17.6 Å². The van der Waals surface area contributed by atoms with Gasteiger partial charge >= 0.3 is 11.5 Å². The zero-order chi connectivity index (χ0) is 23.6. The van der Waals surface area contributed by atoms with Gasteiger partial charge in [0, 0.05) is 36.4 Å². The normalized spacial score (nSPS) is 17.9. The third kappa shape index (κ3) is 5.09. The number of imide groups is 1. The summed E-state index contributed by atoms with van der Waals surface area (Å²) in [7, 11) is 0. The zero-order valence-electron chi connectivity index (χ0n) is 17.9. The molecule has 7 nitrogen and oxygen atoms in total. The lowest BCUT2D eigenvalue weighted by Gasteiger charge is -2.30. The van der Waals surface area contributed by atoms with Gasteiger partial charge in [0.1, 0.15) is 6.54 Å². The maximum absolute atomic E-state index is 13.3. The Balaban J connectivity index is 1.60. The molecule has 2 aliphatic heterocycles. The molecule has 11 heteroatoms. The second-order valence-electron chi connectivity index (χ2n) is 7.62. The first kappa shape index (κ1) is 23.4. The Hall–Kier alpha value is -2.79. The van der Waals surface area contributed by atoms with Gasteiger partial charge in [-0.05, 0) is 61.9 Å². The van der Waals surface area contributed by atoms with Crippen molar-refractivity contribution in [3.05, 3.63) is 48.3 Å². The van der Waals surface area contributed by atoms with Crippen LogP contribution in [0.5, 0.6) is 0 Å². The smallest absolute Gasteiger partial charge is 0.370 e. The fourth-order valence-electron chi connectivity index (χ4n) is 4.09. The Morgan fingerprint density at radius 2 is 1.82 bits per heavy atom. The highest BCUT2D eigenvalue weighted by Crippen LogP contribution is 2.39. The fourth-order valence-corrected chi connectivity index (χ4v) is 4.63. The maximum atomic E-state index is 13.3. The molecule has 0 saturated carbocycles. The monoisotopic (exact) mass is 480 g/mol. The number of ether oxygens (including phenoxy) is 1. The number of anilines is 2. The SMILES string of the molecule is CCOC(c1ccncc1N1CCCC1)N1CC(=O)N(c2ccc(SC(F)(F)F)cc2)C1=O. The molecule has 1 unspecified atom stereocenters. The van der Waals surface area contributed by atoms with Crippen molar-refractivity contribution in [3.8, 4) is 0 Å². The Kier molecular flexibility index (Phi) is 6.80. The van der Waals surface area contributed by atoms with E-state index < -0.39 is 23.7 Å². The second-order valence-corrected chi connectivity index (χ2v) is 8.76. The minimum Gasteiger partial charge on any atom is -0.370 e. The predicted molar refractivity (Wildman–Crippen MR) is 118 cm³/mol. The van der Waals surface area contributed by atoms with E-state index in [1.165, 1.54) is 29.2 Å². The number of halogens is 3. The number of thioether (sulfide) groups is 1. The van der Waals surface area contributed by atoms with Crippen LogP contribution in [0.25, 0.3) is 0 Å². The standard InChI is InChI=1S/C22H23F3N4O3S/c1-2-32-20(17-9-10-26-13-18(17)27-11-3-4-12-27)28-14-19(30)29(21(28)31)15-5-7-16(8-6-15)33-22(23,24)25/h5-10,13,20H,2-4,11-12,14H2,1H3. The summed E-state index contributed by atoms with van der Waals surface area (Å²) in [4.78, 5) is 34.8. The molecule has 0 spiro atoms. The number of carbonyl (C=O) groups is 2. The predicted octanol–water partition coefficient (Wildman–Crippen LogP) is 4.80. The molecule has 4 rings (SSSR count). The minimum atomic E-state index is -4.42. The van der Waals surface area contributed by atoms with Gasteiger partial charge < -0.3 is 9.64 Å². The number of urea groups is 1. The number of aromatic nitrogens is 1. The molecule has 2 aliphatic rings. The fraction of sp³-hybridized carbons (Fsp3) is 0.409. The summed E-state index contributed by atoms with van der Waals surface area (Å²) in [6.45, 7) is 3.66. The lowest BCUT2D eigenvalue weighted by molar-refractivity contribution is -0.118. The van der Waals surface area contributed by atoms with E-state index >= 15 is 0 Å². The molecule has 0 N–H and O–H groups in total. The molecule has 0 bridgehead atoms. The van der Waals surface area contributed by atoms with E-state index in [1.807, 2.05) is 0 Å². The summed E-state index contributed by atoms with van der Waals surface area (Å²) in [5, 5.41) is 0. The van der Waals surface area contributed by atoms with Crippen molar-refractivity contribution in [2.24, 2.45) is 0 Å². The Labute approximate surface area is 193 Å². The van der Waals surface area contributed by atoms with Gasteiger partial charge in [-0.3, -0.25) is 14.7 Å². The number of hydrogen-bond donors (Lipinski definition) is 0. The Morgan fingerprint density at radius 1 is 1.12 bits per heavy atom. The minimum absolute atomic E-state index is 0.0264. The molecule has 1 aromatic carbocycles. The van der Waals surface area contributed by atoms with Gasteiger partial charge in [0.25, 0.3) is 5.91 Å². The summed E-state index contributed by atoms with van der Waals surface area (Å²) < 4.78 is 43.7. The molecule has 2 aromatic rings. The average molecular weight is 481 g/mol. The molecular formula is C22H23F3N4O3S. The number of carbonyl (C=O) groups excluding carboxylic acids is 2. The third-order valence-corrected chi connectivity index (χ3v) is 6.21. The van der Waals surface area contributed by atoms with Crippen LogP contribution < -0.4 is 9.80 Å². The summed E-state index contributed by atoms with van der Waals surface area (Å²) in [5.41, 5.74) is -2.60. The van der Waals surface area contributed by atoms with E-state index in [4.69, 9.17) is 4.74 Å². The second kappa shape index (κ2) is 9.60. The van der Waals surface area contributed by atoms with Crippen molar-refractivity contribution < 1.29 is 27.5 Å². The largest absolute Gasteiger partial charge is 0.446 e. The lowest BCUT2D eigenvalue weighted by atomic mass is 10.1. The van der Waals surface area contributed by atoms with Crippen molar-refractivity contribution in [2.45, 2.75) is 36.4 Å². The van der Waals surface area contributed by atoms with Crippen molar-refractivity contribution in [2.75, 3.05) is 36.0 Å². The van der Waals surface area contributed by atoms with Crippen LogP contribution in [-0.4, -0.2) is 53.6 Å². The first-order chi connectivity index (χ1) is 15.8. The van der Waals surface area contributed by atoms with Crippen LogP contribution in [0.4, 0.5) is 29.3 Å². The highest BCUT2D eigenvalue weighted by molar-refractivity contribution is 8.00. The quantitative estimate of drug-likeness (QED) is 0.419. The summed E-state index contributed by atoms with van der Waals surface area (Å²) >= 11 is -0.253. The van der Waals surface area contributed by atoms with Gasteiger partial charge in [-0.15, -0.1) is 0 Å². The van der Waals surface area contributed by atoms with Crippen molar-refractivity contribution in [1.29, 1.82) is 0 Å². The van der Waals surface area contributed by atoms with E-state index in [9.17, 15) is 22.8 Å². The molecule has 2 saturated heterocycles.